The van der Waals surface area contributed by atoms with E-state index >= 15 is 0 Å². The van der Waals surface area contributed by atoms with Crippen molar-refractivity contribution in [1.82, 2.24) is 19.9 Å². The van der Waals surface area contributed by atoms with Gasteiger partial charge in [-0.05, 0) is 38.1 Å². The van der Waals surface area contributed by atoms with E-state index in [1.54, 1.807) is 30.4 Å². The summed E-state index contributed by atoms with van der Waals surface area (Å²) in [7, 11) is 1.89. The fraction of sp³-hybridized carbons (Fsp3) is 0.333. The van der Waals surface area contributed by atoms with E-state index in [1.807, 2.05) is 24.1 Å². The lowest BCUT2D eigenvalue weighted by Gasteiger charge is -2.28. The summed E-state index contributed by atoms with van der Waals surface area (Å²) in [4.78, 5) is 47.7. The maximum atomic E-state index is 12.1. The Hall–Kier alpha value is -4.16. The molecule has 1 aliphatic rings. The molecule has 4 aromatic rings. The quantitative estimate of drug-likeness (QED) is 0.197. The van der Waals surface area contributed by atoms with Crippen LogP contribution in [-0.4, -0.2) is 71.6 Å². The minimum Gasteiger partial charge on any atom is -0.462 e. The highest BCUT2D eigenvalue weighted by Crippen LogP contribution is 2.35. The molecule has 0 saturated carbocycles. The molecular weight excluding hydrogens is 518 g/mol. The van der Waals surface area contributed by atoms with Crippen LogP contribution >= 0.6 is 11.3 Å². The topological polar surface area (TPSA) is 137 Å². The van der Waals surface area contributed by atoms with Gasteiger partial charge in [0, 0.05) is 54.2 Å². The van der Waals surface area contributed by atoms with E-state index in [0.717, 1.165) is 39.6 Å². The number of carbonyl (C=O) groups is 2. The van der Waals surface area contributed by atoms with Gasteiger partial charge in [-0.15, -0.1) is 11.3 Å². The Kier molecular flexibility index (Phi) is 7.66. The maximum Gasteiger partial charge on any atom is 0.341 e. The molecule has 5 rings (SSSR count). The second-order valence-corrected chi connectivity index (χ2v) is 10.2. The summed E-state index contributed by atoms with van der Waals surface area (Å²) in [5.41, 5.74) is 8.75. The number of nitrogens with two attached hydrogens (primary N) is 1. The van der Waals surface area contributed by atoms with Crippen molar-refractivity contribution in [2.75, 3.05) is 55.5 Å². The third-order valence-corrected chi connectivity index (χ3v) is 7.39. The first-order valence-electron chi connectivity index (χ1n) is 12.6. The second kappa shape index (κ2) is 11.3. The number of morpholine rings is 1. The average molecular weight is 548 g/mol. The third-order valence-electron chi connectivity index (χ3n) is 6.29. The predicted octanol–water partition coefficient (Wildman–Crippen LogP) is 3.58. The molecule has 0 amide bonds. The van der Waals surface area contributed by atoms with Crippen LogP contribution in [0.3, 0.4) is 0 Å². The molecule has 3 aromatic heterocycles. The molecule has 202 valence electrons. The molecule has 0 unspecified atom stereocenters. The average Bonchev–Trinajstić information content (AvgIpc) is 3.35. The molecule has 1 aliphatic heterocycles. The molecule has 0 radical (unpaired) electrons. The molecule has 11 nitrogen and oxygen atoms in total. The van der Waals surface area contributed by atoms with Crippen LogP contribution in [0.15, 0.2) is 36.7 Å². The van der Waals surface area contributed by atoms with Crippen LogP contribution in [0, 0.1) is 0 Å². The summed E-state index contributed by atoms with van der Waals surface area (Å²) >= 11 is 1.62. The van der Waals surface area contributed by atoms with Crippen molar-refractivity contribution in [2.24, 2.45) is 0 Å². The van der Waals surface area contributed by atoms with Gasteiger partial charge in [-0.25, -0.2) is 24.7 Å². The molecular formula is C27H29N7O4S. The van der Waals surface area contributed by atoms with Gasteiger partial charge >= 0.3 is 5.97 Å². The molecule has 0 spiro atoms. The Bertz CT molecular complexity index is 1520. The molecule has 2 N–H and O–H groups in total. The molecule has 0 aliphatic carbocycles. The van der Waals surface area contributed by atoms with Crippen molar-refractivity contribution in [2.45, 2.75) is 20.4 Å². The fourth-order valence-electron chi connectivity index (χ4n) is 4.30. The number of fused-ring (bicyclic) bond motifs is 1. The van der Waals surface area contributed by atoms with Gasteiger partial charge in [-0.2, -0.15) is 0 Å². The van der Waals surface area contributed by atoms with Crippen LogP contribution in [0.25, 0.3) is 21.6 Å². The minimum atomic E-state index is -0.447. The van der Waals surface area contributed by atoms with Crippen LogP contribution in [0.2, 0.25) is 0 Å². The van der Waals surface area contributed by atoms with Gasteiger partial charge < -0.3 is 25.0 Å². The SMILES string of the molecule is CCOC(=O)c1cnc(N(C)Cc2cc3nc(-c4ccc(N)c(C(C)=O)c4)nc(N4CCOCC4)c3s2)nc1. The Labute approximate surface area is 229 Å². The number of aromatic nitrogens is 4. The van der Waals surface area contributed by atoms with Crippen LogP contribution in [0.4, 0.5) is 17.5 Å². The lowest BCUT2D eigenvalue weighted by molar-refractivity contribution is 0.0525. The number of rotatable bonds is 8. The standard InChI is InChI=1S/C27H29N7O4S/c1-4-38-26(36)18-13-29-27(30-14-18)33(3)15-19-12-22-23(39-19)25(34-7-9-37-10-8-34)32-24(31-22)17-5-6-21(28)20(11-17)16(2)35/h5-6,11-14H,4,7-10,15,28H2,1-3H3. The number of nitrogens with zero attached hydrogens (tertiary/aromatic N) is 6. The number of ketones is 1. The van der Waals surface area contributed by atoms with Crippen LogP contribution in [0.5, 0.6) is 0 Å². The summed E-state index contributed by atoms with van der Waals surface area (Å²) in [5.74, 6) is 1.30. The number of hydrogen-bond acceptors (Lipinski definition) is 12. The number of nitrogen functional groups attached to an aromatic ring is 1. The Balaban J connectivity index is 1.48. The number of anilines is 3. The van der Waals surface area contributed by atoms with Gasteiger partial charge in [0.1, 0.15) is 0 Å². The van der Waals surface area contributed by atoms with Gasteiger partial charge in [0.05, 0.1) is 42.1 Å². The van der Waals surface area contributed by atoms with E-state index in [2.05, 4.69) is 14.9 Å². The molecule has 1 fully saturated rings. The number of carbonyl (C=O) groups excluding carboxylic acids is 2. The summed E-state index contributed by atoms with van der Waals surface area (Å²) < 4.78 is 11.5. The molecule has 12 heteroatoms. The smallest absolute Gasteiger partial charge is 0.341 e. The molecule has 1 saturated heterocycles. The van der Waals surface area contributed by atoms with Crippen molar-refractivity contribution in [3.05, 3.63) is 52.7 Å². The van der Waals surface area contributed by atoms with Crippen molar-refractivity contribution < 1.29 is 19.1 Å². The number of thiophene rings is 1. The van der Waals surface area contributed by atoms with E-state index in [-0.39, 0.29) is 5.78 Å². The lowest BCUT2D eigenvalue weighted by atomic mass is 10.1. The second-order valence-electron chi connectivity index (χ2n) is 9.10. The van der Waals surface area contributed by atoms with E-state index in [4.69, 9.17) is 25.2 Å². The Morgan fingerprint density at radius 2 is 1.90 bits per heavy atom. The minimum absolute atomic E-state index is 0.109. The zero-order valence-electron chi connectivity index (χ0n) is 22.0. The Morgan fingerprint density at radius 3 is 2.59 bits per heavy atom. The first kappa shape index (κ1) is 26.4. The summed E-state index contributed by atoms with van der Waals surface area (Å²) in [5, 5.41) is 0. The van der Waals surface area contributed by atoms with Crippen molar-refractivity contribution >= 4 is 50.8 Å². The molecule has 0 atom stereocenters. The predicted molar refractivity (Wildman–Crippen MR) is 150 cm³/mol. The van der Waals surface area contributed by atoms with Crippen molar-refractivity contribution in [3.63, 3.8) is 0 Å². The molecule has 39 heavy (non-hydrogen) atoms. The summed E-state index contributed by atoms with van der Waals surface area (Å²) in [6, 6.07) is 7.35. The highest BCUT2D eigenvalue weighted by molar-refractivity contribution is 7.19. The van der Waals surface area contributed by atoms with E-state index in [1.165, 1.54) is 19.3 Å². The zero-order chi connectivity index (χ0) is 27.5. The van der Waals surface area contributed by atoms with Gasteiger partial charge in [0.25, 0.3) is 0 Å². The number of esters is 1. The van der Waals surface area contributed by atoms with Crippen molar-refractivity contribution in [1.29, 1.82) is 0 Å². The van der Waals surface area contributed by atoms with E-state index in [9.17, 15) is 9.59 Å². The lowest BCUT2D eigenvalue weighted by Crippen LogP contribution is -2.36. The van der Waals surface area contributed by atoms with E-state index in [0.29, 0.717) is 55.0 Å². The first-order valence-corrected chi connectivity index (χ1v) is 13.4. The van der Waals surface area contributed by atoms with Crippen LogP contribution in [0.1, 0.15) is 39.4 Å². The zero-order valence-corrected chi connectivity index (χ0v) is 22.8. The van der Waals surface area contributed by atoms with Crippen LogP contribution in [-0.2, 0) is 16.0 Å². The number of hydrogen-bond donors (Lipinski definition) is 1. The number of ether oxygens (including phenoxy) is 2. The Morgan fingerprint density at radius 1 is 1.15 bits per heavy atom. The highest BCUT2D eigenvalue weighted by Gasteiger charge is 2.21. The van der Waals surface area contributed by atoms with Gasteiger partial charge in [-0.3, -0.25) is 4.79 Å². The van der Waals surface area contributed by atoms with Crippen molar-refractivity contribution in [3.8, 4) is 11.4 Å². The van der Waals surface area contributed by atoms with Crippen LogP contribution < -0.4 is 15.5 Å². The molecule has 4 heterocycles. The molecule has 1 aromatic carbocycles. The number of benzene rings is 1. The van der Waals surface area contributed by atoms with Gasteiger partial charge in [0.2, 0.25) is 5.95 Å². The summed E-state index contributed by atoms with van der Waals surface area (Å²) in [6.07, 6.45) is 2.94. The van der Waals surface area contributed by atoms with Gasteiger partial charge in [-0.1, -0.05) is 0 Å². The number of Topliss-reactive ketones (excluding diaryl/α,β-unsaturated/α-hetero) is 1. The third kappa shape index (κ3) is 5.66. The summed E-state index contributed by atoms with van der Waals surface area (Å²) in [6.45, 7) is 6.76. The van der Waals surface area contributed by atoms with E-state index < -0.39 is 5.97 Å². The van der Waals surface area contributed by atoms with Gasteiger partial charge in [0.15, 0.2) is 17.4 Å². The largest absolute Gasteiger partial charge is 0.462 e. The fourth-order valence-corrected chi connectivity index (χ4v) is 5.47. The monoisotopic (exact) mass is 547 g/mol. The maximum absolute atomic E-state index is 12.1. The normalized spacial score (nSPS) is 13.5. The first-order chi connectivity index (χ1) is 18.8. The molecule has 0 bridgehead atoms. The highest BCUT2D eigenvalue weighted by atomic mass is 32.1.